The lowest BCUT2D eigenvalue weighted by Gasteiger charge is -2.30. The average Bonchev–Trinajstić information content (AvgIpc) is 2.67. The second-order valence-electron chi connectivity index (χ2n) is 7.16. The molecule has 0 radical (unpaired) electrons. The molecule has 1 saturated heterocycles. The van der Waals surface area contributed by atoms with E-state index in [9.17, 15) is 13.2 Å². The first-order valence-electron chi connectivity index (χ1n) is 9.56. The number of rotatable bonds is 6. The second kappa shape index (κ2) is 8.35. The van der Waals surface area contributed by atoms with Crippen LogP contribution < -0.4 is 5.32 Å². The van der Waals surface area contributed by atoms with Gasteiger partial charge in [-0.2, -0.15) is 0 Å². The highest BCUT2D eigenvalue weighted by Crippen LogP contribution is 2.25. The average molecular weight is 390 g/mol. The molecule has 1 N–H and O–H groups in total. The fraction of sp³-hybridized carbons (Fsp3) is 0.500. The largest absolute Gasteiger partial charge is 0.324 e. The first-order valence-corrected chi connectivity index (χ1v) is 11.2. The van der Waals surface area contributed by atoms with Crippen molar-refractivity contribution in [3.8, 4) is 0 Å². The highest BCUT2D eigenvalue weighted by molar-refractivity contribution is 7.89. The number of piperidine rings is 1. The molecule has 0 saturated carbocycles. The van der Waals surface area contributed by atoms with Crippen molar-refractivity contribution in [3.63, 3.8) is 0 Å². The first-order chi connectivity index (χ1) is 12.9. The molecule has 27 heavy (non-hydrogen) atoms. The number of fused-ring (bicyclic) bond motifs is 1. The zero-order valence-corrected chi connectivity index (χ0v) is 16.8. The van der Waals surface area contributed by atoms with Crippen LogP contribution in [0.1, 0.15) is 38.3 Å². The Hall–Kier alpha value is -1.99. The van der Waals surface area contributed by atoms with Gasteiger partial charge in [-0.25, -0.2) is 12.7 Å². The number of carbonyl (C=O) groups excluding carboxylic acids is 1. The normalized spacial score (nSPS) is 16.5. The Morgan fingerprint density at radius 3 is 2.67 bits per heavy atom. The molecule has 1 aromatic carbocycles. The minimum absolute atomic E-state index is 0.0589. The van der Waals surface area contributed by atoms with Gasteiger partial charge in [0.25, 0.3) is 0 Å². The summed E-state index contributed by atoms with van der Waals surface area (Å²) in [6.07, 6.45) is 2.63. The number of sulfonamides is 1. The Morgan fingerprint density at radius 2 is 1.96 bits per heavy atom. The maximum Gasteiger partial charge on any atom is 0.227 e. The third-order valence-electron chi connectivity index (χ3n) is 5.09. The molecule has 3 rings (SSSR count). The molecule has 0 unspecified atom stereocenters. The van der Waals surface area contributed by atoms with Crippen molar-refractivity contribution in [2.45, 2.75) is 39.5 Å². The number of nitrogens with zero attached hydrogens (tertiary/aromatic N) is 2. The topological polar surface area (TPSA) is 79.4 Å². The molecule has 0 bridgehead atoms. The van der Waals surface area contributed by atoms with Crippen molar-refractivity contribution in [3.05, 3.63) is 36.0 Å². The standard InChI is InChI=1S/C20H27N3O3S/c1-3-4-14-27(25,26)23-12-10-17(11-13-23)20(24)22-18-7-5-6-16-9-8-15(2)21-19(16)18/h5-9,17H,3-4,10-14H2,1-2H3,(H,22,24). The van der Waals surface area contributed by atoms with Gasteiger partial charge in [0.15, 0.2) is 0 Å². The Kier molecular flexibility index (Phi) is 6.11. The first kappa shape index (κ1) is 19.8. The van der Waals surface area contributed by atoms with E-state index in [-0.39, 0.29) is 17.6 Å². The van der Waals surface area contributed by atoms with Crippen molar-refractivity contribution in [2.24, 2.45) is 5.92 Å². The van der Waals surface area contributed by atoms with E-state index in [0.29, 0.717) is 38.0 Å². The number of amides is 1. The van der Waals surface area contributed by atoms with E-state index < -0.39 is 10.0 Å². The van der Waals surface area contributed by atoms with Gasteiger partial charge in [-0.3, -0.25) is 9.78 Å². The van der Waals surface area contributed by atoms with Crippen LogP contribution in [0.4, 0.5) is 5.69 Å². The van der Waals surface area contributed by atoms with Crippen LogP contribution in [0, 0.1) is 12.8 Å². The molecular formula is C20H27N3O3S. The molecule has 146 valence electrons. The lowest BCUT2D eigenvalue weighted by atomic mass is 9.97. The molecule has 1 fully saturated rings. The van der Waals surface area contributed by atoms with E-state index in [4.69, 9.17) is 0 Å². The number of anilines is 1. The summed E-state index contributed by atoms with van der Waals surface area (Å²) in [6, 6.07) is 9.67. The predicted octanol–water partition coefficient (Wildman–Crippen LogP) is 3.32. The predicted molar refractivity (Wildman–Crippen MR) is 108 cm³/mol. The Bertz CT molecular complexity index is 919. The SMILES string of the molecule is CCCCS(=O)(=O)N1CCC(C(=O)Nc2cccc3ccc(C)nc23)CC1. The Morgan fingerprint density at radius 1 is 1.22 bits per heavy atom. The van der Waals surface area contributed by atoms with Gasteiger partial charge in [0.05, 0.1) is 17.0 Å². The van der Waals surface area contributed by atoms with Gasteiger partial charge in [-0.15, -0.1) is 0 Å². The van der Waals surface area contributed by atoms with E-state index in [2.05, 4.69) is 10.3 Å². The summed E-state index contributed by atoms with van der Waals surface area (Å²) >= 11 is 0. The molecule has 0 atom stereocenters. The zero-order chi connectivity index (χ0) is 19.4. The van der Waals surface area contributed by atoms with Crippen LogP contribution in [0.15, 0.2) is 30.3 Å². The number of nitrogens with one attached hydrogen (secondary N) is 1. The second-order valence-corrected chi connectivity index (χ2v) is 9.25. The fourth-order valence-electron chi connectivity index (χ4n) is 3.43. The summed E-state index contributed by atoms with van der Waals surface area (Å²) in [4.78, 5) is 17.3. The van der Waals surface area contributed by atoms with Crippen molar-refractivity contribution >= 4 is 32.5 Å². The number of carbonyl (C=O) groups is 1. The van der Waals surface area contributed by atoms with Gasteiger partial charge in [0, 0.05) is 30.1 Å². The number of para-hydroxylation sites is 1. The number of benzene rings is 1. The van der Waals surface area contributed by atoms with E-state index in [1.165, 1.54) is 4.31 Å². The summed E-state index contributed by atoms with van der Waals surface area (Å²) in [5.41, 5.74) is 2.39. The van der Waals surface area contributed by atoms with Gasteiger partial charge in [0.2, 0.25) is 15.9 Å². The number of aromatic nitrogens is 1. The van der Waals surface area contributed by atoms with Crippen molar-refractivity contribution in [2.75, 3.05) is 24.2 Å². The van der Waals surface area contributed by atoms with Gasteiger partial charge in [0.1, 0.15) is 0 Å². The molecule has 1 amide bonds. The van der Waals surface area contributed by atoms with Crippen LogP contribution in [0.2, 0.25) is 0 Å². The third-order valence-corrected chi connectivity index (χ3v) is 7.05. The van der Waals surface area contributed by atoms with Crippen LogP contribution in [0.25, 0.3) is 10.9 Å². The number of unbranched alkanes of at least 4 members (excludes halogenated alkanes) is 1. The van der Waals surface area contributed by atoms with Crippen LogP contribution in [0.5, 0.6) is 0 Å². The van der Waals surface area contributed by atoms with Crippen LogP contribution in [-0.4, -0.2) is 42.5 Å². The minimum atomic E-state index is -3.20. The minimum Gasteiger partial charge on any atom is -0.324 e. The lowest BCUT2D eigenvalue weighted by Crippen LogP contribution is -2.42. The molecule has 1 aliphatic heterocycles. The summed E-state index contributed by atoms with van der Waals surface area (Å²) in [7, 11) is -3.20. The number of hydrogen-bond acceptors (Lipinski definition) is 4. The Labute approximate surface area is 161 Å². The smallest absolute Gasteiger partial charge is 0.227 e. The highest BCUT2D eigenvalue weighted by Gasteiger charge is 2.30. The lowest BCUT2D eigenvalue weighted by molar-refractivity contribution is -0.120. The van der Waals surface area contributed by atoms with Crippen molar-refractivity contribution in [1.82, 2.24) is 9.29 Å². The third kappa shape index (κ3) is 4.65. The van der Waals surface area contributed by atoms with E-state index >= 15 is 0 Å². The zero-order valence-electron chi connectivity index (χ0n) is 15.9. The summed E-state index contributed by atoms with van der Waals surface area (Å²) in [5.74, 6) is -0.0411. The number of hydrogen-bond donors (Lipinski definition) is 1. The van der Waals surface area contributed by atoms with Crippen molar-refractivity contribution in [1.29, 1.82) is 0 Å². The maximum atomic E-state index is 12.7. The molecule has 7 heteroatoms. The molecule has 0 aliphatic carbocycles. The maximum absolute atomic E-state index is 12.7. The van der Waals surface area contributed by atoms with Crippen LogP contribution in [0.3, 0.4) is 0 Å². The van der Waals surface area contributed by atoms with E-state index in [0.717, 1.165) is 23.0 Å². The van der Waals surface area contributed by atoms with Crippen LogP contribution >= 0.6 is 0 Å². The highest BCUT2D eigenvalue weighted by atomic mass is 32.2. The quantitative estimate of drug-likeness (QED) is 0.822. The summed E-state index contributed by atoms with van der Waals surface area (Å²) in [5, 5.41) is 3.98. The number of pyridine rings is 1. The van der Waals surface area contributed by atoms with E-state index in [1.54, 1.807) is 0 Å². The molecule has 0 spiro atoms. The monoisotopic (exact) mass is 389 g/mol. The van der Waals surface area contributed by atoms with Gasteiger partial charge >= 0.3 is 0 Å². The van der Waals surface area contributed by atoms with Crippen LogP contribution in [-0.2, 0) is 14.8 Å². The molecular weight excluding hydrogens is 362 g/mol. The van der Waals surface area contributed by atoms with E-state index in [1.807, 2.05) is 44.2 Å². The molecule has 1 aromatic heterocycles. The Balaban J connectivity index is 1.65. The van der Waals surface area contributed by atoms with Gasteiger partial charge < -0.3 is 5.32 Å². The summed E-state index contributed by atoms with van der Waals surface area (Å²) < 4.78 is 26.2. The van der Waals surface area contributed by atoms with Gasteiger partial charge in [-0.05, 0) is 38.3 Å². The molecule has 6 nitrogen and oxygen atoms in total. The molecule has 2 heterocycles. The molecule has 2 aromatic rings. The van der Waals surface area contributed by atoms with Gasteiger partial charge in [-0.1, -0.05) is 31.5 Å². The fourth-order valence-corrected chi connectivity index (χ4v) is 5.11. The number of aryl methyl sites for hydroxylation is 1. The summed E-state index contributed by atoms with van der Waals surface area (Å²) in [6.45, 7) is 4.73. The molecule has 1 aliphatic rings. The van der Waals surface area contributed by atoms with Crippen molar-refractivity contribution < 1.29 is 13.2 Å².